The molecule has 0 aliphatic rings. The fourth-order valence-electron chi connectivity index (χ4n) is 1.21. The number of benzene rings is 1. The number of hydrogen-bond acceptors (Lipinski definition) is 3. The molecule has 0 aliphatic heterocycles. The number of carbonyl (C=O) groups is 1. The van der Waals surface area contributed by atoms with Crippen LogP contribution >= 0.6 is 0 Å². The van der Waals surface area contributed by atoms with E-state index < -0.39 is 6.09 Å². The third kappa shape index (κ3) is 3.81. The summed E-state index contributed by atoms with van der Waals surface area (Å²) in [5.41, 5.74) is 1.34. The number of phenols is 1. The zero-order chi connectivity index (χ0) is 12.0. The van der Waals surface area contributed by atoms with Gasteiger partial charge in [0.2, 0.25) is 0 Å². The van der Waals surface area contributed by atoms with Crippen LogP contribution in [0.25, 0.3) is 0 Å². The van der Waals surface area contributed by atoms with E-state index >= 15 is 0 Å². The van der Waals surface area contributed by atoms with Gasteiger partial charge in [0.25, 0.3) is 0 Å². The zero-order valence-electron chi connectivity index (χ0n) is 9.62. The van der Waals surface area contributed by atoms with Gasteiger partial charge in [0.05, 0.1) is 12.3 Å². The zero-order valence-corrected chi connectivity index (χ0v) is 9.62. The van der Waals surface area contributed by atoms with Crippen LogP contribution in [0.15, 0.2) is 18.2 Å². The lowest BCUT2D eigenvalue weighted by atomic mass is 10.2. The van der Waals surface area contributed by atoms with Gasteiger partial charge in [-0.2, -0.15) is 0 Å². The molecule has 0 saturated carbocycles. The lowest BCUT2D eigenvalue weighted by molar-refractivity contribution is 0.160. The molecule has 0 unspecified atom stereocenters. The Morgan fingerprint density at radius 1 is 1.50 bits per heavy atom. The van der Waals surface area contributed by atoms with E-state index in [0.29, 0.717) is 12.3 Å². The molecule has 0 atom stereocenters. The highest BCUT2D eigenvalue weighted by Gasteiger charge is 2.06. The molecule has 0 fully saturated rings. The summed E-state index contributed by atoms with van der Waals surface area (Å²) < 4.78 is 4.92. The Labute approximate surface area is 95.2 Å². The van der Waals surface area contributed by atoms with Crippen LogP contribution in [0.3, 0.4) is 0 Å². The lowest BCUT2D eigenvalue weighted by Gasteiger charge is -2.08. The van der Waals surface area contributed by atoms with E-state index in [0.717, 1.165) is 18.4 Å². The molecule has 1 aromatic rings. The number of rotatable bonds is 4. The van der Waals surface area contributed by atoms with Crippen molar-refractivity contribution in [2.45, 2.75) is 26.7 Å². The van der Waals surface area contributed by atoms with Crippen LogP contribution in [-0.2, 0) is 4.74 Å². The fraction of sp³-hybridized carbons (Fsp3) is 0.417. The van der Waals surface area contributed by atoms with Gasteiger partial charge in [-0.1, -0.05) is 19.4 Å². The molecular weight excluding hydrogens is 206 g/mol. The summed E-state index contributed by atoms with van der Waals surface area (Å²) >= 11 is 0. The third-order valence-corrected chi connectivity index (χ3v) is 2.12. The molecule has 0 spiro atoms. The van der Waals surface area contributed by atoms with Gasteiger partial charge in [-0.3, -0.25) is 5.32 Å². The van der Waals surface area contributed by atoms with Crippen molar-refractivity contribution in [1.82, 2.24) is 0 Å². The second kappa shape index (κ2) is 6.00. The predicted octanol–water partition coefficient (Wildman–Crippen LogP) is 3.05. The van der Waals surface area contributed by atoms with Crippen LogP contribution in [0.5, 0.6) is 5.75 Å². The highest BCUT2D eigenvalue weighted by atomic mass is 16.5. The van der Waals surface area contributed by atoms with E-state index in [-0.39, 0.29) is 5.75 Å². The minimum absolute atomic E-state index is 0.0399. The number of nitrogens with one attached hydrogen (secondary N) is 1. The first-order chi connectivity index (χ1) is 7.63. The monoisotopic (exact) mass is 223 g/mol. The number of ether oxygens (including phenoxy) is 1. The minimum Gasteiger partial charge on any atom is -0.506 e. The average Bonchev–Trinajstić information content (AvgIpc) is 2.24. The van der Waals surface area contributed by atoms with Crippen LogP contribution in [0.4, 0.5) is 10.5 Å². The quantitative estimate of drug-likeness (QED) is 0.609. The largest absolute Gasteiger partial charge is 0.506 e. The molecule has 2 N–H and O–H groups in total. The Hall–Kier alpha value is -1.71. The summed E-state index contributed by atoms with van der Waals surface area (Å²) in [6.07, 6.45) is 1.28. The van der Waals surface area contributed by atoms with E-state index in [1.807, 2.05) is 13.8 Å². The molecule has 16 heavy (non-hydrogen) atoms. The summed E-state index contributed by atoms with van der Waals surface area (Å²) in [5.74, 6) is 0.0399. The van der Waals surface area contributed by atoms with Crippen LogP contribution in [0.1, 0.15) is 25.3 Å². The molecule has 0 aliphatic carbocycles. The number of carbonyl (C=O) groups excluding carboxylic acids is 1. The average molecular weight is 223 g/mol. The van der Waals surface area contributed by atoms with Crippen molar-refractivity contribution in [3.63, 3.8) is 0 Å². The van der Waals surface area contributed by atoms with Crippen LogP contribution in [0, 0.1) is 6.92 Å². The first-order valence-electron chi connectivity index (χ1n) is 5.37. The van der Waals surface area contributed by atoms with Gasteiger partial charge in [0.1, 0.15) is 5.75 Å². The number of unbranched alkanes of at least 4 members (excludes halogenated alkanes) is 1. The maximum Gasteiger partial charge on any atom is 0.411 e. The molecule has 0 bridgehead atoms. The van der Waals surface area contributed by atoms with Gasteiger partial charge >= 0.3 is 6.09 Å². The molecule has 1 aromatic carbocycles. The number of aryl methyl sites for hydroxylation is 1. The van der Waals surface area contributed by atoms with E-state index in [2.05, 4.69) is 5.32 Å². The molecule has 4 nitrogen and oxygen atoms in total. The van der Waals surface area contributed by atoms with Gasteiger partial charge in [0, 0.05) is 0 Å². The Balaban J connectivity index is 2.52. The van der Waals surface area contributed by atoms with E-state index in [1.165, 1.54) is 6.07 Å². The van der Waals surface area contributed by atoms with Crippen molar-refractivity contribution < 1.29 is 14.6 Å². The maximum atomic E-state index is 11.3. The summed E-state index contributed by atoms with van der Waals surface area (Å²) in [6.45, 7) is 4.30. The summed E-state index contributed by atoms with van der Waals surface area (Å²) in [5, 5.41) is 12.0. The second-order valence-electron chi connectivity index (χ2n) is 3.64. The number of hydrogen-bond donors (Lipinski definition) is 2. The van der Waals surface area contributed by atoms with Crippen LogP contribution in [-0.4, -0.2) is 17.8 Å². The highest BCUT2D eigenvalue weighted by Crippen LogP contribution is 2.23. The predicted molar refractivity (Wildman–Crippen MR) is 62.7 cm³/mol. The van der Waals surface area contributed by atoms with Gasteiger partial charge in [-0.15, -0.1) is 0 Å². The fourth-order valence-corrected chi connectivity index (χ4v) is 1.21. The first-order valence-corrected chi connectivity index (χ1v) is 5.37. The van der Waals surface area contributed by atoms with Gasteiger partial charge in [0.15, 0.2) is 0 Å². The summed E-state index contributed by atoms with van der Waals surface area (Å²) in [6, 6.07) is 5.00. The molecule has 0 aromatic heterocycles. The summed E-state index contributed by atoms with van der Waals surface area (Å²) in [7, 11) is 0. The van der Waals surface area contributed by atoms with Crippen molar-refractivity contribution in [3.8, 4) is 5.75 Å². The smallest absolute Gasteiger partial charge is 0.411 e. The van der Waals surface area contributed by atoms with E-state index in [1.54, 1.807) is 12.1 Å². The molecule has 0 heterocycles. The van der Waals surface area contributed by atoms with Crippen molar-refractivity contribution in [3.05, 3.63) is 23.8 Å². The Morgan fingerprint density at radius 3 is 2.94 bits per heavy atom. The Bertz CT molecular complexity index is 363. The SMILES string of the molecule is CCCCOC(=O)Nc1cc(C)ccc1O. The van der Waals surface area contributed by atoms with Gasteiger partial charge < -0.3 is 9.84 Å². The Morgan fingerprint density at radius 2 is 2.25 bits per heavy atom. The molecule has 4 heteroatoms. The number of amides is 1. The topological polar surface area (TPSA) is 58.6 Å². The molecule has 1 amide bonds. The van der Waals surface area contributed by atoms with E-state index in [4.69, 9.17) is 4.74 Å². The van der Waals surface area contributed by atoms with E-state index in [9.17, 15) is 9.90 Å². The van der Waals surface area contributed by atoms with Crippen LogP contribution < -0.4 is 5.32 Å². The number of phenolic OH excluding ortho intramolecular Hbond substituents is 1. The molecule has 0 saturated heterocycles. The van der Waals surface area contributed by atoms with Crippen LogP contribution in [0.2, 0.25) is 0 Å². The minimum atomic E-state index is -0.533. The normalized spacial score (nSPS) is 9.88. The standard InChI is InChI=1S/C12H17NO3/c1-3-4-7-16-12(15)13-10-8-9(2)5-6-11(10)14/h5-6,8,14H,3-4,7H2,1-2H3,(H,13,15). The second-order valence-corrected chi connectivity index (χ2v) is 3.64. The van der Waals surface area contributed by atoms with Gasteiger partial charge in [-0.25, -0.2) is 4.79 Å². The third-order valence-electron chi connectivity index (χ3n) is 2.12. The molecule has 1 rings (SSSR count). The maximum absolute atomic E-state index is 11.3. The van der Waals surface area contributed by atoms with Crippen molar-refractivity contribution in [1.29, 1.82) is 0 Å². The first kappa shape index (κ1) is 12.4. The van der Waals surface area contributed by atoms with Gasteiger partial charge in [-0.05, 0) is 31.0 Å². The number of aromatic hydroxyl groups is 1. The van der Waals surface area contributed by atoms with Crippen molar-refractivity contribution in [2.24, 2.45) is 0 Å². The molecule has 0 radical (unpaired) electrons. The molecular formula is C12H17NO3. The van der Waals surface area contributed by atoms with Crippen molar-refractivity contribution >= 4 is 11.8 Å². The molecule has 88 valence electrons. The summed E-state index contributed by atoms with van der Waals surface area (Å²) in [4.78, 5) is 11.3. The number of anilines is 1. The van der Waals surface area contributed by atoms with Crippen molar-refractivity contribution in [2.75, 3.05) is 11.9 Å². The highest BCUT2D eigenvalue weighted by molar-refractivity contribution is 5.86. The Kier molecular flexibility index (Phi) is 4.64. The lowest BCUT2D eigenvalue weighted by Crippen LogP contribution is -2.14.